The van der Waals surface area contributed by atoms with Crippen LogP contribution >= 0.6 is 0 Å². The molecule has 4 nitrogen and oxygen atoms in total. The summed E-state index contributed by atoms with van der Waals surface area (Å²) in [7, 11) is 0. The number of nitrogens with one attached hydrogen (secondary N) is 1. The normalized spacial score (nSPS) is 19.5. The lowest BCUT2D eigenvalue weighted by atomic mass is 10.0. The molecule has 5 heteroatoms. The number of rotatable bonds is 3. The van der Waals surface area contributed by atoms with E-state index in [-0.39, 0.29) is 5.82 Å². The van der Waals surface area contributed by atoms with Crippen molar-refractivity contribution in [3.63, 3.8) is 0 Å². The number of piperidine rings is 1. The largest absolute Gasteiger partial charge is 0.339 e. The molecule has 1 aliphatic rings. The van der Waals surface area contributed by atoms with Crippen molar-refractivity contribution in [2.45, 2.75) is 31.7 Å². The van der Waals surface area contributed by atoms with Gasteiger partial charge in [0, 0.05) is 12.5 Å². The summed E-state index contributed by atoms with van der Waals surface area (Å²) in [4.78, 5) is 4.28. The molecule has 3 rings (SSSR count). The second kappa shape index (κ2) is 5.48. The van der Waals surface area contributed by atoms with Crippen LogP contribution in [-0.2, 0) is 6.42 Å². The summed E-state index contributed by atoms with van der Waals surface area (Å²) in [6.07, 6.45) is 4.28. The van der Waals surface area contributed by atoms with Gasteiger partial charge >= 0.3 is 0 Å². The van der Waals surface area contributed by atoms with E-state index < -0.39 is 0 Å². The Morgan fingerprint density at radius 3 is 3.00 bits per heavy atom. The molecular weight excluding hydrogens is 245 g/mol. The van der Waals surface area contributed by atoms with Gasteiger partial charge in [-0.1, -0.05) is 23.7 Å². The summed E-state index contributed by atoms with van der Waals surface area (Å²) in [5.41, 5.74) is 0.383. The van der Waals surface area contributed by atoms with E-state index in [2.05, 4.69) is 15.5 Å². The van der Waals surface area contributed by atoms with Gasteiger partial charge in [-0.25, -0.2) is 4.39 Å². The van der Waals surface area contributed by atoms with E-state index in [1.54, 1.807) is 18.2 Å². The number of aromatic nitrogens is 2. The second-order valence-corrected chi connectivity index (χ2v) is 4.84. The Bertz CT molecular complexity index is 549. The van der Waals surface area contributed by atoms with E-state index in [0.29, 0.717) is 29.7 Å². The Kier molecular flexibility index (Phi) is 3.55. The Labute approximate surface area is 111 Å². The Hall–Kier alpha value is -1.75. The fraction of sp³-hybridized carbons (Fsp3) is 0.429. The lowest BCUT2D eigenvalue weighted by molar-refractivity contribution is 0.331. The quantitative estimate of drug-likeness (QED) is 0.922. The van der Waals surface area contributed by atoms with Gasteiger partial charge in [-0.3, -0.25) is 0 Å². The van der Waals surface area contributed by atoms with Crippen molar-refractivity contribution >= 4 is 0 Å². The van der Waals surface area contributed by atoms with Gasteiger partial charge in [-0.05, 0) is 31.5 Å². The fourth-order valence-corrected chi connectivity index (χ4v) is 2.40. The first-order valence-corrected chi connectivity index (χ1v) is 6.64. The Balaban J connectivity index is 1.74. The molecule has 1 atom stereocenters. The standard InChI is InChI=1S/C14H16FN3O/c15-12-7-2-1-6-11(12)14-17-13(19-18-14)9-10-5-3-4-8-16-10/h1-2,6-7,10,16H,3-5,8-9H2. The third-order valence-electron chi connectivity index (χ3n) is 3.42. The molecule has 2 aromatic rings. The van der Waals surface area contributed by atoms with E-state index >= 15 is 0 Å². The molecule has 2 heterocycles. The molecule has 1 aromatic heterocycles. The average molecular weight is 261 g/mol. The first-order chi connectivity index (χ1) is 9.33. The molecule has 1 saturated heterocycles. The summed E-state index contributed by atoms with van der Waals surface area (Å²) in [5.74, 6) is 0.562. The monoisotopic (exact) mass is 261 g/mol. The van der Waals surface area contributed by atoms with Gasteiger partial charge in [0.25, 0.3) is 0 Å². The van der Waals surface area contributed by atoms with Crippen molar-refractivity contribution in [3.8, 4) is 11.4 Å². The number of benzene rings is 1. The average Bonchev–Trinajstić information content (AvgIpc) is 2.89. The van der Waals surface area contributed by atoms with Crippen LogP contribution in [0.3, 0.4) is 0 Å². The number of hydrogen-bond acceptors (Lipinski definition) is 4. The lowest BCUT2D eigenvalue weighted by Crippen LogP contribution is -2.35. The van der Waals surface area contributed by atoms with Crippen LogP contribution in [0.1, 0.15) is 25.2 Å². The van der Waals surface area contributed by atoms with E-state index in [9.17, 15) is 4.39 Å². The molecule has 1 unspecified atom stereocenters. The SMILES string of the molecule is Fc1ccccc1-c1noc(CC2CCCCN2)n1. The molecule has 0 spiro atoms. The molecule has 100 valence electrons. The molecule has 0 radical (unpaired) electrons. The van der Waals surface area contributed by atoms with Gasteiger partial charge < -0.3 is 9.84 Å². The maximum atomic E-state index is 13.6. The van der Waals surface area contributed by atoms with E-state index in [0.717, 1.165) is 13.0 Å². The van der Waals surface area contributed by atoms with Crippen molar-refractivity contribution in [1.29, 1.82) is 0 Å². The van der Waals surface area contributed by atoms with Crippen LogP contribution in [-0.4, -0.2) is 22.7 Å². The van der Waals surface area contributed by atoms with Crippen LogP contribution < -0.4 is 5.32 Å². The van der Waals surface area contributed by atoms with Crippen LogP contribution in [0.4, 0.5) is 4.39 Å². The van der Waals surface area contributed by atoms with Crippen LogP contribution in [0.5, 0.6) is 0 Å². The molecule has 1 aromatic carbocycles. The summed E-state index contributed by atoms with van der Waals surface area (Å²) in [6.45, 7) is 1.04. The first kappa shape index (κ1) is 12.3. The highest BCUT2D eigenvalue weighted by Crippen LogP contribution is 2.20. The molecule has 0 aliphatic carbocycles. The summed E-state index contributed by atoms with van der Waals surface area (Å²) in [5, 5.41) is 7.29. The third-order valence-corrected chi connectivity index (χ3v) is 3.42. The third kappa shape index (κ3) is 2.81. The van der Waals surface area contributed by atoms with Gasteiger partial charge in [-0.2, -0.15) is 4.98 Å². The lowest BCUT2D eigenvalue weighted by Gasteiger charge is -2.21. The second-order valence-electron chi connectivity index (χ2n) is 4.84. The zero-order valence-electron chi connectivity index (χ0n) is 10.6. The van der Waals surface area contributed by atoms with Crippen LogP contribution in [0.15, 0.2) is 28.8 Å². The minimum absolute atomic E-state index is 0.323. The highest BCUT2D eigenvalue weighted by atomic mass is 19.1. The molecule has 1 aliphatic heterocycles. The molecule has 1 N–H and O–H groups in total. The van der Waals surface area contributed by atoms with Gasteiger partial charge in [-0.15, -0.1) is 0 Å². The van der Waals surface area contributed by atoms with Crippen LogP contribution in [0.2, 0.25) is 0 Å². The van der Waals surface area contributed by atoms with Crippen molar-refractivity contribution in [2.75, 3.05) is 6.54 Å². The molecule has 0 saturated carbocycles. The first-order valence-electron chi connectivity index (χ1n) is 6.64. The number of nitrogens with zero attached hydrogens (tertiary/aromatic N) is 2. The van der Waals surface area contributed by atoms with Crippen LogP contribution in [0, 0.1) is 5.82 Å². The smallest absolute Gasteiger partial charge is 0.228 e. The Morgan fingerprint density at radius 1 is 1.32 bits per heavy atom. The zero-order chi connectivity index (χ0) is 13.1. The summed E-state index contributed by atoms with van der Waals surface area (Å²) >= 11 is 0. The molecule has 0 bridgehead atoms. The zero-order valence-corrected chi connectivity index (χ0v) is 10.6. The molecule has 1 fully saturated rings. The fourth-order valence-electron chi connectivity index (χ4n) is 2.40. The van der Waals surface area contributed by atoms with Gasteiger partial charge in [0.2, 0.25) is 11.7 Å². The minimum atomic E-state index is -0.328. The summed E-state index contributed by atoms with van der Waals surface area (Å²) in [6, 6.07) is 6.85. The number of halogens is 1. The van der Waals surface area contributed by atoms with E-state index in [1.807, 2.05) is 0 Å². The van der Waals surface area contributed by atoms with E-state index in [4.69, 9.17) is 4.52 Å². The Morgan fingerprint density at radius 2 is 2.21 bits per heavy atom. The highest BCUT2D eigenvalue weighted by molar-refractivity contribution is 5.54. The van der Waals surface area contributed by atoms with Crippen molar-refractivity contribution in [1.82, 2.24) is 15.5 Å². The predicted octanol–water partition coefficient (Wildman–Crippen LogP) is 2.56. The highest BCUT2D eigenvalue weighted by Gasteiger charge is 2.18. The summed E-state index contributed by atoms with van der Waals surface area (Å²) < 4.78 is 18.8. The molecule has 19 heavy (non-hydrogen) atoms. The van der Waals surface area contributed by atoms with E-state index in [1.165, 1.54) is 18.9 Å². The molecule has 0 amide bonds. The van der Waals surface area contributed by atoms with Gasteiger partial charge in [0.1, 0.15) is 5.82 Å². The number of hydrogen-bond donors (Lipinski definition) is 1. The maximum absolute atomic E-state index is 13.6. The van der Waals surface area contributed by atoms with Crippen molar-refractivity contribution < 1.29 is 8.91 Å². The molecular formula is C14H16FN3O. The predicted molar refractivity (Wildman–Crippen MR) is 69.0 cm³/mol. The van der Waals surface area contributed by atoms with Crippen molar-refractivity contribution in [2.24, 2.45) is 0 Å². The van der Waals surface area contributed by atoms with Gasteiger partial charge in [0.05, 0.1) is 5.56 Å². The van der Waals surface area contributed by atoms with Gasteiger partial charge in [0.15, 0.2) is 0 Å². The maximum Gasteiger partial charge on any atom is 0.228 e. The topological polar surface area (TPSA) is 51.0 Å². The van der Waals surface area contributed by atoms with Crippen LogP contribution in [0.25, 0.3) is 11.4 Å². The minimum Gasteiger partial charge on any atom is -0.339 e. The van der Waals surface area contributed by atoms with Crippen molar-refractivity contribution in [3.05, 3.63) is 36.0 Å².